The van der Waals surface area contributed by atoms with Crippen molar-refractivity contribution in [3.05, 3.63) is 54.1 Å². The molecule has 0 fully saturated rings. The highest BCUT2D eigenvalue weighted by molar-refractivity contribution is 7.90. The topological polar surface area (TPSA) is 139 Å². The number of hydrogen-bond acceptors (Lipinski definition) is 6. The van der Waals surface area contributed by atoms with Crippen molar-refractivity contribution in [1.29, 1.82) is 0 Å². The number of rotatable bonds is 8. The van der Waals surface area contributed by atoms with Gasteiger partial charge in [0.2, 0.25) is 21.8 Å². The van der Waals surface area contributed by atoms with Crippen molar-refractivity contribution >= 4 is 37.5 Å². The van der Waals surface area contributed by atoms with E-state index in [1.807, 2.05) is 0 Å². The molecule has 0 heterocycles. The van der Waals surface area contributed by atoms with Crippen molar-refractivity contribution < 1.29 is 39.6 Å². The summed E-state index contributed by atoms with van der Waals surface area (Å²) in [5, 5.41) is 2.42. The number of carbonyl (C=O) groups is 2. The minimum atomic E-state index is -4.75. The van der Waals surface area contributed by atoms with Crippen LogP contribution in [0.25, 0.3) is 0 Å². The van der Waals surface area contributed by atoms with Crippen LogP contribution in [-0.4, -0.2) is 34.7 Å². The summed E-state index contributed by atoms with van der Waals surface area (Å²) in [5.41, 5.74) is -1.04. The first kappa shape index (κ1) is 27.3. The van der Waals surface area contributed by atoms with E-state index in [2.05, 4.69) is 10.0 Å². The highest BCUT2D eigenvalue weighted by atomic mass is 32.2. The van der Waals surface area contributed by atoms with Gasteiger partial charge in [0.1, 0.15) is 6.04 Å². The maximum absolute atomic E-state index is 12.9. The largest absolute Gasteiger partial charge is 0.416 e. The van der Waals surface area contributed by atoms with E-state index in [9.17, 15) is 39.6 Å². The van der Waals surface area contributed by atoms with Crippen LogP contribution < -0.4 is 14.8 Å². The summed E-state index contributed by atoms with van der Waals surface area (Å²) in [6.45, 7) is 4.09. The summed E-state index contributed by atoms with van der Waals surface area (Å²) in [6, 6.07) is 6.45. The zero-order valence-corrected chi connectivity index (χ0v) is 19.8. The van der Waals surface area contributed by atoms with Crippen LogP contribution in [0.15, 0.2) is 58.3 Å². The first-order valence-corrected chi connectivity index (χ1v) is 12.6. The maximum Gasteiger partial charge on any atom is 0.416 e. The van der Waals surface area contributed by atoms with Gasteiger partial charge in [-0.1, -0.05) is 19.9 Å². The van der Waals surface area contributed by atoms with E-state index in [0.29, 0.717) is 6.07 Å². The highest BCUT2D eigenvalue weighted by Crippen LogP contribution is 2.30. The Kier molecular flexibility index (Phi) is 8.11. The van der Waals surface area contributed by atoms with Gasteiger partial charge >= 0.3 is 6.18 Å². The SMILES string of the molecule is CC(=O)NS(=O)(=O)c1ccc(NC(=O)[C@H](NS(=O)(=O)c2cccc(C(F)(F)F)c2)C(C)C)cc1. The smallest absolute Gasteiger partial charge is 0.325 e. The van der Waals surface area contributed by atoms with E-state index in [1.54, 1.807) is 4.72 Å². The molecule has 2 amide bonds. The number of hydrogen-bond donors (Lipinski definition) is 3. The molecule has 186 valence electrons. The third-order valence-corrected chi connectivity index (χ3v) is 7.30. The fraction of sp³-hybridized carbons (Fsp3) is 0.300. The Morgan fingerprint density at radius 3 is 1.97 bits per heavy atom. The average Bonchev–Trinajstić information content (AvgIpc) is 2.70. The van der Waals surface area contributed by atoms with Crippen LogP contribution in [0.2, 0.25) is 0 Å². The van der Waals surface area contributed by atoms with Gasteiger partial charge in [0.05, 0.1) is 15.4 Å². The fourth-order valence-corrected chi connectivity index (χ4v) is 5.13. The van der Waals surface area contributed by atoms with Gasteiger partial charge in [-0.15, -0.1) is 0 Å². The van der Waals surface area contributed by atoms with Crippen LogP contribution in [0.1, 0.15) is 26.3 Å². The first-order chi connectivity index (χ1) is 15.5. The maximum atomic E-state index is 12.9. The summed E-state index contributed by atoms with van der Waals surface area (Å²) in [7, 11) is -8.58. The molecule has 0 aliphatic carbocycles. The zero-order chi connectivity index (χ0) is 25.9. The molecule has 3 N–H and O–H groups in total. The van der Waals surface area contributed by atoms with Gasteiger partial charge in [-0.05, 0) is 48.4 Å². The minimum absolute atomic E-state index is 0.121. The standard InChI is InChI=1S/C20H22F3N3O6S2/c1-12(2)18(26-34(31,32)17-6-4-5-14(11-17)20(21,22)23)19(28)24-15-7-9-16(10-8-15)33(29,30)25-13(3)27/h4-12,18,26H,1-3H3,(H,24,28)(H,25,27)/t18-/m1/s1. The van der Waals surface area contributed by atoms with Crippen molar-refractivity contribution in [3.63, 3.8) is 0 Å². The second-order valence-electron chi connectivity index (χ2n) is 7.54. The Hall–Kier alpha value is -2.97. The number of amides is 2. The number of benzene rings is 2. The molecule has 34 heavy (non-hydrogen) atoms. The molecule has 0 saturated heterocycles. The molecule has 2 aromatic carbocycles. The van der Waals surface area contributed by atoms with Gasteiger partial charge in [0.15, 0.2) is 0 Å². The molecule has 0 aromatic heterocycles. The lowest BCUT2D eigenvalue weighted by Gasteiger charge is -2.22. The van der Waals surface area contributed by atoms with E-state index >= 15 is 0 Å². The van der Waals surface area contributed by atoms with E-state index in [4.69, 9.17) is 0 Å². The monoisotopic (exact) mass is 521 g/mol. The van der Waals surface area contributed by atoms with Gasteiger partial charge in [-0.3, -0.25) is 9.59 Å². The fourth-order valence-electron chi connectivity index (χ4n) is 2.75. The Bertz CT molecular complexity index is 1280. The third kappa shape index (κ3) is 7.01. The normalized spacial score (nSPS) is 13.4. The molecule has 9 nitrogen and oxygen atoms in total. The Balaban J connectivity index is 2.23. The van der Waals surface area contributed by atoms with Gasteiger partial charge < -0.3 is 5.32 Å². The minimum Gasteiger partial charge on any atom is -0.325 e. The Morgan fingerprint density at radius 2 is 1.47 bits per heavy atom. The molecular formula is C20H22F3N3O6S2. The number of carbonyl (C=O) groups excluding carboxylic acids is 2. The van der Waals surface area contributed by atoms with Crippen molar-refractivity contribution in [2.24, 2.45) is 5.92 Å². The summed E-state index contributed by atoms with van der Waals surface area (Å²) in [5.74, 6) is -2.20. The lowest BCUT2D eigenvalue weighted by atomic mass is 10.0. The molecule has 0 bridgehead atoms. The summed E-state index contributed by atoms with van der Waals surface area (Å²) < 4.78 is 92.0. The second-order valence-corrected chi connectivity index (χ2v) is 10.9. The predicted molar refractivity (Wildman–Crippen MR) is 116 cm³/mol. The molecule has 14 heteroatoms. The second kappa shape index (κ2) is 10.1. The molecule has 0 saturated carbocycles. The summed E-state index contributed by atoms with van der Waals surface area (Å²) in [6.07, 6.45) is -4.75. The number of halogens is 3. The van der Waals surface area contributed by atoms with Gasteiger partial charge in [-0.2, -0.15) is 17.9 Å². The average molecular weight is 522 g/mol. The molecule has 0 spiro atoms. The van der Waals surface area contributed by atoms with Gasteiger partial charge in [0, 0.05) is 12.6 Å². The number of nitrogens with one attached hydrogen (secondary N) is 3. The van der Waals surface area contributed by atoms with Crippen LogP contribution in [0.3, 0.4) is 0 Å². The highest BCUT2D eigenvalue weighted by Gasteiger charge is 2.33. The van der Waals surface area contributed by atoms with Crippen molar-refractivity contribution in [1.82, 2.24) is 9.44 Å². The van der Waals surface area contributed by atoms with Crippen LogP contribution >= 0.6 is 0 Å². The van der Waals surface area contributed by atoms with Crippen molar-refractivity contribution in [2.75, 3.05) is 5.32 Å². The Morgan fingerprint density at radius 1 is 0.882 bits per heavy atom. The molecule has 0 aliphatic rings. The van der Waals surface area contributed by atoms with Crippen LogP contribution in [0.5, 0.6) is 0 Å². The quantitative estimate of drug-likeness (QED) is 0.488. The molecule has 2 aromatic rings. The number of alkyl halides is 3. The van der Waals surface area contributed by atoms with Gasteiger partial charge in [-0.25, -0.2) is 21.6 Å². The lowest BCUT2D eigenvalue weighted by Crippen LogP contribution is -2.47. The molecule has 0 aliphatic heterocycles. The van der Waals surface area contributed by atoms with Crippen LogP contribution in [-0.2, 0) is 35.8 Å². The lowest BCUT2D eigenvalue weighted by molar-refractivity contribution is -0.137. The van der Waals surface area contributed by atoms with Crippen molar-refractivity contribution in [2.45, 2.75) is 42.8 Å². The molecule has 1 atom stereocenters. The molecule has 0 unspecified atom stereocenters. The number of sulfonamides is 2. The number of anilines is 1. The molecule has 0 radical (unpaired) electrons. The van der Waals surface area contributed by atoms with E-state index in [0.717, 1.165) is 37.3 Å². The van der Waals surface area contributed by atoms with Gasteiger partial charge in [0.25, 0.3) is 10.0 Å². The van der Waals surface area contributed by atoms with Crippen LogP contribution in [0.4, 0.5) is 18.9 Å². The first-order valence-electron chi connectivity index (χ1n) is 9.67. The van der Waals surface area contributed by atoms with Crippen LogP contribution in [0, 0.1) is 5.92 Å². The van der Waals surface area contributed by atoms with E-state index in [1.165, 1.54) is 26.0 Å². The van der Waals surface area contributed by atoms with Crippen molar-refractivity contribution in [3.8, 4) is 0 Å². The molecular weight excluding hydrogens is 499 g/mol. The van der Waals surface area contributed by atoms with E-state index in [-0.39, 0.29) is 10.6 Å². The van der Waals surface area contributed by atoms with E-state index < -0.39 is 60.5 Å². The third-order valence-electron chi connectivity index (χ3n) is 4.41. The summed E-state index contributed by atoms with van der Waals surface area (Å²) in [4.78, 5) is 22.8. The Labute approximate surface area is 194 Å². The zero-order valence-electron chi connectivity index (χ0n) is 18.2. The predicted octanol–water partition coefficient (Wildman–Crippen LogP) is 2.47. The molecule has 2 rings (SSSR count). The summed E-state index contributed by atoms with van der Waals surface area (Å²) >= 11 is 0.